The first-order valence-electron chi connectivity index (χ1n) is 13.8. The van der Waals surface area contributed by atoms with Crippen LogP contribution in [0.1, 0.15) is 149 Å². The van der Waals surface area contributed by atoms with Gasteiger partial charge >= 0.3 is 0 Å². The van der Waals surface area contributed by atoms with Crippen molar-refractivity contribution in [3.8, 4) is 0 Å². The molecular formula is C28H56O3. The summed E-state index contributed by atoms with van der Waals surface area (Å²) in [6.45, 7) is 3.92. The minimum absolute atomic E-state index is 0.355. The lowest BCUT2D eigenvalue weighted by atomic mass is 9.86. The van der Waals surface area contributed by atoms with E-state index in [4.69, 9.17) is 5.11 Å². The molecule has 2 unspecified atom stereocenters. The molecule has 0 fully saturated rings. The zero-order valence-electron chi connectivity index (χ0n) is 21.1. The second-order valence-corrected chi connectivity index (χ2v) is 9.65. The van der Waals surface area contributed by atoms with Crippen LogP contribution in [-0.2, 0) is 0 Å². The molecule has 0 heterocycles. The summed E-state index contributed by atoms with van der Waals surface area (Å²) < 4.78 is 0. The monoisotopic (exact) mass is 440 g/mol. The van der Waals surface area contributed by atoms with Crippen molar-refractivity contribution in [2.24, 2.45) is 0 Å². The molecule has 3 heteroatoms. The first-order valence-corrected chi connectivity index (χ1v) is 13.8. The standard InChI is InChI=1S/C28H56O3/c1-3-5-6-7-8-9-10-11-12-13-14-15-16-17-18-19-20-21-22-23-25-28(31,24-4-2)27(30)26-29/h11-12,27,29-31H,3-10,13-26H2,1-2H3. The quantitative estimate of drug-likeness (QED) is 0.106. The fourth-order valence-electron chi connectivity index (χ4n) is 4.45. The summed E-state index contributed by atoms with van der Waals surface area (Å²) in [5.74, 6) is 0. The Balaban J connectivity index is 3.37. The van der Waals surface area contributed by atoms with Crippen LogP contribution in [0, 0.1) is 0 Å². The van der Waals surface area contributed by atoms with Crippen molar-refractivity contribution in [2.45, 2.75) is 160 Å². The molecule has 0 rings (SSSR count). The van der Waals surface area contributed by atoms with Crippen LogP contribution < -0.4 is 0 Å². The molecular weight excluding hydrogens is 384 g/mol. The van der Waals surface area contributed by atoms with Crippen molar-refractivity contribution in [3.63, 3.8) is 0 Å². The Morgan fingerprint density at radius 1 is 0.581 bits per heavy atom. The van der Waals surface area contributed by atoms with Gasteiger partial charge in [0.25, 0.3) is 0 Å². The predicted molar refractivity (Wildman–Crippen MR) is 135 cm³/mol. The largest absolute Gasteiger partial charge is 0.394 e. The molecule has 2 atom stereocenters. The molecule has 3 N–H and O–H groups in total. The predicted octanol–water partition coefficient (Wildman–Crippen LogP) is 7.86. The van der Waals surface area contributed by atoms with Crippen molar-refractivity contribution in [1.29, 1.82) is 0 Å². The number of hydrogen-bond acceptors (Lipinski definition) is 3. The van der Waals surface area contributed by atoms with Crippen molar-refractivity contribution in [1.82, 2.24) is 0 Å². The molecule has 0 aromatic rings. The number of aliphatic hydroxyl groups excluding tert-OH is 2. The van der Waals surface area contributed by atoms with E-state index in [0.717, 1.165) is 19.3 Å². The molecule has 31 heavy (non-hydrogen) atoms. The lowest BCUT2D eigenvalue weighted by Crippen LogP contribution is -2.44. The van der Waals surface area contributed by atoms with E-state index in [-0.39, 0.29) is 6.61 Å². The fourth-order valence-corrected chi connectivity index (χ4v) is 4.45. The third kappa shape index (κ3) is 18.9. The van der Waals surface area contributed by atoms with E-state index in [1.54, 1.807) is 0 Å². The lowest BCUT2D eigenvalue weighted by Gasteiger charge is -2.32. The summed E-state index contributed by atoms with van der Waals surface area (Å²) in [4.78, 5) is 0. The zero-order chi connectivity index (χ0) is 23.0. The number of allylic oxidation sites excluding steroid dienone is 2. The minimum Gasteiger partial charge on any atom is -0.394 e. The van der Waals surface area contributed by atoms with Crippen LogP contribution in [0.2, 0.25) is 0 Å². The average Bonchev–Trinajstić information content (AvgIpc) is 2.77. The van der Waals surface area contributed by atoms with E-state index in [0.29, 0.717) is 12.8 Å². The summed E-state index contributed by atoms with van der Waals surface area (Å²) in [6, 6.07) is 0. The molecule has 0 aliphatic carbocycles. The van der Waals surface area contributed by atoms with Gasteiger partial charge in [0.1, 0.15) is 6.10 Å². The molecule has 0 aromatic carbocycles. The highest BCUT2D eigenvalue weighted by Crippen LogP contribution is 2.25. The van der Waals surface area contributed by atoms with Crippen LogP contribution in [0.4, 0.5) is 0 Å². The van der Waals surface area contributed by atoms with E-state index in [1.165, 1.54) is 103 Å². The number of hydrogen-bond donors (Lipinski definition) is 3. The van der Waals surface area contributed by atoms with Crippen LogP contribution in [0.5, 0.6) is 0 Å². The van der Waals surface area contributed by atoms with Crippen LogP contribution in [0.25, 0.3) is 0 Å². The molecule has 0 saturated heterocycles. The van der Waals surface area contributed by atoms with Gasteiger partial charge in [-0.2, -0.15) is 0 Å². The second-order valence-electron chi connectivity index (χ2n) is 9.65. The third-order valence-corrected chi connectivity index (χ3v) is 6.60. The van der Waals surface area contributed by atoms with Crippen molar-refractivity contribution >= 4 is 0 Å². The molecule has 0 amide bonds. The van der Waals surface area contributed by atoms with Crippen LogP contribution in [0.3, 0.4) is 0 Å². The number of unbranched alkanes of at least 4 members (excludes halogenated alkanes) is 16. The fraction of sp³-hybridized carbons (Fsp3) is 0.929. The van der Waals surface area contributed by atoms with E-state index >= 15 is 0 Å². The van der Waals surface area contributed by atoms with Gasteiger partial charge in [-0.1, -0.05) is 122 Å². The minimum atomic E-state index is -1.10. The normalized spacial score (nSPS) is 14.9. The molecule has 0 aromatic heterocycles. The third-order valence-electron chi connectivity index (χ3n) is 6.60. The summed E-state index contributed by atoms with van der Waals surface area (Å²) in [5, 5.41) is 29.5. The van der Waals surface area contributed by atoms with E-state index in [2.05, 4.69) is 19.1 Å². The molecule has 0 aliphatic rings. The highest BCUT2D eigenvalue weighted by Gasteiger charge is 2.33. The Hall–Kier alpha value is -0.380. The Morgan fingerprint density at radius 3 is 1.42 bits per heavy atom. The highest BCUT2D eigenvalue weighted by molar-refractivity contribution is 4.85. The molecule has 0 radical (unpaired) electrons. The van der Waals surface area contributed by atoms with Crippen LogP contribution >= 0.6 is 0 Å². The van der Waals surface area contributed by atoms with Gasteiger partial charge in [-0.25, -0.2) is 0 Å². The maximum Gasteiger partial charge on any atom is 0.106 e. The average molecular weight is 441 g/mol. The van der Waals surface area contributed by atoms with Gasteiger partial charge in [0.15, 0.2) is 0 Å². The molecule has 0 bridgehead atoms. The Bertz CT molecular complexity index is 382. The molecule has 0 saturated carbocycles. The Labute approximate surface area is 194 Å². The maximum absolute atomic E-state index is 10.5. The van der Waals surface area contributed by atoms with Gasteiger partial charge in [-0.05, 0) is 38.5 Å². The first-order chi connectivity index (χ1) is 15.1. The van der Waals surface area contributed by atoms with Crippen LogP contribution in [0.15, 0.2) is 12.2 Å². The van der Waals surface area contributed by atoms with Gasteiger partial charge < -0.3 is 15.3 Å². The van der Waals surface area contributed by atoms with Crippen molar-refractivity contribution < 1.29 is 15.3 Å². The first kappa shape index (κ1) is 30.6. The van der Waals surface area contributed by atoms with Crippen molar-refractivity contribution in [3.05, 3.63) is 12.2 Å². The number of rotatable bonds is 24. The smallest absolute Gasteiger partial charge is 0.106 e. The Morgan fingerprint density at radius 2 is 1.00 bits per heavy atom. The molecule has 0 aliphatic heterocycles. The molecule has 0 spiro atoms. The van der Waals surface area contributed by atoms with Crippen LogP contribution in [-0.4, -0.2) is 33.6 Å². The highest BCUT2D eigenvalue weighted by atomic mass is 16.4. The van der Waals surface area contributed by atoms with Gasteiger partial charge in [0, 0.05) is 0 Å². The SMILES string of the molecule is CCCCCCCCC=CCCCCCCCCCCCCC(O)(CCC)C(O)CO. The summed E-state index contributed by atoms with van der Waals surface area (Å²) in [6.07, 6.45) is 29.2. The van der Waals surface area contributed by atoms with Gasteiger partial charge in [-0.15, -0.1) is 0 Å². The van der Waals surface area contributed by atoms with E-state index in [1.807, 2.05) is 6.92 Å². The summed E-state index contributed by atoms with van der Waals surface area (Å²) >= 11 is 0. The van der Waals surface area contributed by atoms with Gasteiger partial charge in [0.05, 0.1) is 12.2 Å². The van der Waals surface area contributed by atoms with E-state index in [9.17, 15) is 10.2 Å². The lowest BCUT2D eigenvalue weighted by molar-refractivity contribution is -0.105. The molecule has 3 nitrogen and oxygen atoms in total. The topological polar surface area (TPSA) is 60.7 Å². The summed E-state index contributed by atoms with van der Waals surface area (Å²) in [5.41, 5.74) is -1.10. The van der Waals surface area contributed by atoms with Crippen molar-refractivity contribution in [2.75, 3.05) is 6.61 Å². The van der Waals surface area contributed by atoms with Gasteiger partial charge in [0.2, 0.25) is 0 Å². The van der Waals surface area contributed by atoms with E-state index < -0.39 is 11.7 Å². The summed E-state index contributed by atoms with van der Waals surface area (Å²) in [7, 11) is 0. The zero-order valence-corrected chi connectivity index (χ0v) is 21.1. The Kier molecular flexibility index (Phi) is 22.5. The number of aliphatic hydroxyl groups is 3. The second kappa shape index (κ2) is 22.8. The maximum atomic E-state index is 10.5. The van der Waals surface area contributed by atoms with Gasteiger partial charge in [-0.3, -0.25) is 0 Å². The molecule has 186 valence electrons.